The molecule has 0 N–H and O–H groups in total. The van der Waals surface area contributed by atoms with Crippen LogP contribution in [0.2, 0.25) is 0 Å². The maximum atomic E-state index is 4.38. The fourth-order valence-electron chi connectivity index (χ4n) is 2.27. The van der Waals surface area contributed by atoms with E-state index in [1.54, 1.807) is 0 Å². The molecule has 2 rings (SSSR count). The fraction of sp³-hybridized carbons (Fsp3) is 0.462. The zero-order valence-corrected chi connectivity index (χ0v) is 10.1. The van der Waals surface area contributed by atoms with Crippen molar-refractivity contribution < 1.29 is 0 Å². The Kier molecular flexibility index (Phi) is 2.29. The smallest absolute Gasteiger partial charge is 0.0674 e. The summed E-state index contributed by atoms with van der Waals surface area (Å²) in [6, 6.07) is 2.67. The van der Waals surface area contributed by atoms with Gasteiger partial charge >= 0.3 is 0 Å². The maximum Gasteiger partial charge on any atom is 0.0674 e. The molecule has 2 aromatic heterocycles. The van der Waals surface area contributed by atoms with Gasteiger partial charge in [0, 0.05) is 22.8 Å². The summed E-state index contributed by atoms with van der Waals surface area (Å²) in [5, 5.41) is 1.34. The average molecular weight is 202 g/mol. The van der Waals surface area contributed by atoms with Gasteiger partial charge in [0.15, 0.2) is 0 Å². The van der Waals surface area contributed by atoms with Crippen molar-refractivity contribution in [3.63, 3.8) is 0 Å². The topological polar surface area (TPSA) is 17.8 Å². The number of aromatic nitrogens is 2. The van der Waals surface area contributed by atoms with Gasteiger partial charge in [-0.1, -0.05) is 0 Å². The van der Waals surface area contributed by atoms with Gasteiger partial charge in [0.1, 0.15) is 0 Å². The molecule has 80 valence electrons. The van der Waals surface area contributed by atoms with Gasteiger partial charge in [0.2, 0.25) is 0 Å². The van der Waals surface area contributed by atoms with E-state index in [0.717, 1.165) is 5.69 Å². The van der Waals surface area contributed by atoms with Crippen LogP contribution in [0.5, 0.6) is 0 Å². The molecule has 0 fully saturated rings. The van der Waals surface area contributed by atoms with E-state index in [-0.39, 0.29) is 0 Å². The van der Waals surface area contributed by atoms with Crippen LogP contribution in [-0.2, 0) is 0 Å². The largest absolute Gasteiger partial charge is 0.341 e. The van der Waals surface area contributed by atoms with Gasteiger partial charge in [0.05, 0.1) is 11.7 Å². The lowest BCUT2D eigenvalue weighted by Crippen LogP contribution is -2.02. The van der Waals surface area contributed by atoms with Crippen LogP contribution in [0.25, 0.3) is 10.9 Å². The summed E-state index contributed by atoms with van der Waals surface area (Å²) in [5.74, 6) is 0. The fourth-order valence-corrected chi connectivity index (χ4v) is 2.27. The Morgan fingerprint density at radius 1 is 1.20 bits per heavy atom. The molecule has 0 radical (unpaired) electrons. The van der Waals surface area contributed by atoms with E-state index in [1.165, 1.54) is 22.2 Å². The molecule has 0 saturated heterocycles. The molecule has 0 unspecified atom stereocenters. The molecule has 0 aliphatic heterocycles. The Morgan fingerprint density at radius 3 is 2.47 bits per heavy atom. The van der Waals surface area contributed by atoms with Crippen molar-refractivity contribution in [2.75, 3.05) is 0 Å². The van der Waals surface area contributed by atoms with E-state index in [1.807, 2.05) is 13.1 Å². The number of aryl methyl sites for hydroxylation is 2. The van der Waals surface area contributed by atoms with Crippen molar-refractivity contribution in [1.82, 2.24) is 9.55 Å². The van der Waals surface area contributed by atoms with Crippen molar-refractivity contribution in [3.05, 3.63) is 29.2 Å². The Labute approximate surface area is 90.9 Å². The molecule has 0 bridgehead atoms. The first-order chi connectivity index (χ1) is 7.02. The average Bonchev–Trinajstić information content (AvgIpc) is 2.41. The standard InChI is InChI=1S/C13H18N2/c1-8(2)15-11(5)10(4)12-6-9(3)14-7-13(12)15/h6-8H,1-5H3. The van der Waals surface area contributed by atoms with E-state index < -0.39 is 0 Å². The highest BCUT2D eigenvalue weighted by Gasteiger charge is 2.12. The predicted octanol–water partition coefficient (Wildman–Crippen LogP) is 3.54. The van der Waals surface area contributed by atoms with Crippen LogP contribution >= 0.6 is 0 Å². The predicted molar refractivity (Wildman–Crippen MR) is 64.3 cm³/mol. The Morgan fingerprint density at radius 2 is 1.87 bits per heavy atom. The molecule has 0 saturated carbocycles. The highest BCUT2D eigenvalue weighted by Crippen LogP contribution is 2.27. The van der Waals surface area contributed by atoms with Crippen LogP contribution in [0.15, 0.2) is 12.3 Å². The molecule has 2 heterocycles. The van der Waals surface area contributed by atoms with Gasteiger partial charge in [-0.25, -0.2) is 0 Å². The highest BCUT2D eigenvalue weighted by molar-refractivity contribution is 5.85. The van der Waals surface area contributed by atoms with Crippen LogP contribution < -0.4 is 0 Å². The zero-order valence-electron chi connectivity index (χ0n) is 10.1. The number of nitrogens with zero attached hydrogens (tertiary/aromatic N) is 2. The summed E-state index contributed by atoms with van der Waals surface area (Å²) in [7, 11) is 0. The van der Waals surface area contributed by atoms with E-state index in [2.05, 4.69) is 43.3 Å². The summed E-state index contributed by atoms with van der Waals surface area (Å²) in [6.45, 7) is 10.8. The second kappa shape index (κ2) is 3.37. The molecule has 15 heavy (non-hydrogen) atoms. The minimum absolute atomic E-state index is 0.491. The third-order valence-electron chi connectivity index (χ3n) is 3.10. The lowest BCUT2D eigenvalue weighted by molar-refractivity contribution is 0.605. The van der Waals surface area contributed by atoms with E-state index in [9.17, 15) is 0 Å². The first-order valence-corrected chi connectivity index (χ1v) is 5.46. The van der Waals surface area contributed by atoms with Gasteiger partial charge in [-0.05, 0) is 46.2 Å². The van der Waals surface area contributed by atoms with Crippen LogP contribution in [0.1, 0.15) is 36.8 Å². The highest BCUT2D eigenvalue weighted by atomic mass is 15.0. The van der Waals surface area contributed by atoms with Crippen molar-refractivity contribution >= 4 is 10.9 Å². The Balaban J connectivity index is 2.87. The quantitative estimate of drug-likeness (QED) is 0.691. The zero-order chi connectivity index (χ0) is 11.2. The summed E-state index contributed by atoms with van der Waals surface area (Å²) >= 11 is 0. The minimum atomic E-state index is 0.491. The molecule has 2 aromatic rings. The monoisotopic (exact) mass is 202 g/mol. The summed E-state index contributed by atoms with van der Waals surface area (Å²) in [4.78, 5) is 4.38. The number of rotatable bonds is 1. The van der Waals surface area contributed by atoms with Crippen LogP contribution in [0, 0.1) is 20.8 Å². The van der Waals surface area contributed by atoms with Crippen molar-refractivity contribution in [3.8, 4) is 0 Å². The van der Waals surface area contributed by atoms with Crippen molar-refractivity contribution in [2.45, 2.75) is 40.7 Å². The lowest BCUT2D eigenvalue weighted by atomic mass is 10.2. The first-order valence-electron chi connectivity index (χ1n) is 5.46. The second-order valence-corrected chi connectivity index (χ2v) is 4.52. The van der Waals surface area contributed by atoms with E-state index in [4.69, 9.17) is 0 Å². The number of hydrogen-bond donors (Lipinski definition) is 0. The molecule has 0 aliphatic rings. The third kappa shape index (κ3) is 1.44. The van der Waals surface area contributed by atoms with Crippen molar-refractivity contribution in [1.29, 1.82) is 0 Å². The molecular weight excluding hydrogens is 184 g/mol. The molecule has 0 aromatic carbocycles. The maximum absolute atomic E-state index is 4.38. The molecular formula is C13H18N2. The SMILES string of the molecule is Cc1cc2c(C)c(C)n(C(C)C)c2cn1. The van der Waals surface area contributed by atoms with Crippen LogP contribution in [-0.4, -0.2) is 9.55 Å². The van der Waals surface area contributed by atoms with Gasteiger partial charge in [-0.3, -0.25) is 4.98 Å². The summed E-state index contributed by atoms with van der Waals surface area (Å²) in [6.07, 6.45) is 1.99. The summed E-state index contributed by atoms with van der Waals surface area (Å²) in [5.41, 5.74) is 5.08. The number of hydrogen-bond acceptors (Lipinski definition) is 1. The normalized spacial score (nSPS) is 11.6. The minimum Gasteiger partial charge on any atom is -0.341 e. The first kappa shape index (κ1) is 10.2. The second-order valence-electron chi connectivity index (χ2n) is 4.52. The Bertz CT molecular complexity index is 507. The molecule has 2 nitrogen and oxygen atoms in total. The van der Waals surface area contributed by atoms with E-state index in [0.29, 0.717) is 6.04 Å². The molecule has 0 aliphatic carbocycles. The molecule has 2 heteroatoms. The van der Waals surface area contributed by atoms with Gasteiger partial charge in [-0.15, -0.1) is 0 Å². The number of pyridine rings is 1. The molecule has 0 atom stereocenters. The van der Waals surface area contributed by atoms with Crippen LogP contribution in [0.3, 0.4) is 0 Å². The van der Waals surface area contributed by atoms with Crippen LogP contribution in [0.4, 0.5) is 0 Å². The van der Waals surface area contributed by atoms with Crippen molar-refractivity contribution in [2.24, 2.45) is 0 Å². The Hall–Kier alpha value is -1.31. The number of fused-ring (bicyclic) bond motifs is 1. The third-order valence-corrected chi connectivity index (χ3v) is 3.10. The summed E-state index contributed by atoms with van der Waals surface area (Å²) < 4.78 is 2.36. The van der Waals surface area contributed by atoms with Gasteiger partial charge in [-0.2, -0.15) is 0 Å². The molecule has 0 spiro atoms. The lowest BCUT2D eigenvalue weighted by Gasteiger charge is -2.12. The van der Waals surface area contributed by atoms with E-state index >= 15 is 0 Å². The van der Waals surface area contributed by atoms with Gasteiger partial charge in [0.25, 0.3) is 0 Å². The van der Waals surface area contributed by atoms with Gasteiger partial charge < -0.3 is 4.57 Å². The molecule has 0 amide bonds.